The van der Waals surface area contributed by atoms with E-state index in [-0.39, 0.29) is 16.7 Å². The lowest BCUT2D eigenvalue weighted by Gasteiger charge is -2.58. The summed E-state index contributed by atoms with van der Waals surface area (Å²) in [4.78, 5) is 12.4. The number of carbonyl (C=O) groups excluding carboxylic acids is 1. The minimum absolute atomic E-state index is 0.128. The topological polar surface area (TPSA) is 70.3 Å². The van der Waals surface area contributed by atoms with Gasteiger partial charge in [-0.25, -0.2) is 0 Å². The first-order valence-corrected chi connectivity index (χ1v) is 12.7. The average Bonchev–Trinajstić information content (AvgIpc) is 3.16. The number of benzene rings is 1. The van der Waals surface area contributed by atoms with Crippen LogP contribution in [0.1, 0.15) is 83.3 Å². The third kappa shape index (κ3) is 3.69. The van der Waals surface area contributed by atoms with Crippen LogP contribution >= 0.6 is 0 Å². The van der Waals surface area contributed by atoms with Crippen LogP contribution in [-0.4, -0.2) is 16.7 Å². The number of Topliss-reactive ketones (excluding diaryl/α,β-unsaturated/α-hetero) is 1. The van der Waals surface area contributed by atoms with Crippen molar-refractivity contribution < 1.29 is 14.6 Å². The van der Waals surface area contributed by atoms with Gasteiger partial charge in [0, 0.05) is 18.8 Å². The van der Waals surface area contributed by atoms with Crippen molar-refractivity contribution in [2.45, 2.75) is 84.5 Å². The van der Waals surface area contributed by atoms with E-state index in [1.807, 2.05) is 12.1 Å². The second kappa shape index (κ2) is 8.07. The average molecular weight is 448 g/mol. The van der Waals surface area contributed by atoms with Crippen molar-refractivity contribution in [2.24, 2.45) is 34.5 Å². The van der Waals surface area contributed by atoms with E-state index in [0.717, 1.165) is 31.2 Å². The van der Waals surface area contributed by atoms with Crippen LogP contribution in [0.25, 0.3) is 0 Å². The molecule has 1 N–H and O–H groups in total. The smallest absolute Gasteiger partial charge is 0.169 e. The minimum Gasteiger partial charge on any atom is -0.365 e. The number of rotatable bonds is 4. The van der Waals surface area contributed by atoms with Crippen molar-refractivity contribution in [1.82, 2.24) is 0 Å². The van der Waals surface area contributed by atoms with Crippen molar-refractivity contribution in [2.75, 3.05) is 0 Å². The summed E-state index contributed by atoms with van der Waals surface area (Å²) in [6.07, 6.45) is 10.3. The van der Waals surface area contributed by atoms with E-state index in [4.69, 9.17) is 10.00 Å². The van der Waals surface area contributed by atoms with Crippen LogP contribution in [0.3, 0.4) is 0 Å². The molecule has 0 spiro atoms. The third-order valence-corrected chi connectivity index (χ3v) is 10.2. The highest BCUT2D eigenvalue weighted by Gasteiger charge is 2.60. The number of aliphatic hydroxyl groups is 1. The van der Waals surface area contributed by atoms with Gasteiger partial charge in [0.25, 0.3) is 0 Å². The summed E-state index contributed by atoms with van der Waals surface area (Å²) in [7, 11) is 0. The number of hydrogen-bond donors (Lipinski definition) is 1. The molecule has 4 nitrogen and oxygen atoms in total. The maximum Gasteiger partial charge on any atom is 0.169 e. The van der Waals surface area contributed by atoms with E-state index in [1.54, 1.807) is 19.1 Å². The Labute approximate surface area is 198 Å². The molecule has 7 atom stereocenters. The zero-order valence-electron chi connectivity index (χ0n) is 20.3. The molecular weight excluding hydrogens is 410 g/mol. The minimum atomic E-state index is -1.12. The third-order valence-electron chi connectivity index (χ3n) is 10.2. The first-order valence-electron chi connectivity index (χ1n) is 12.7. The Morgan fingerprint density at radius 2 is 1.88 bits per heavy atom. The Balaban J connectivity index is 1.31. The fourth-order valence-electron chi connectivity index (χ4n) is 8.30. The molecule has 4 heteroatoms. The quantitative estimate of drug-likeness (QED) is 0.459. The van der Waals surface area contributed by atoms with E-state index >= 15 is 0 Å². The predicted octanol–water partition coefficient (Wildman–Crippen LogP) is 5.93. The van der Waals surface area contributed by atoms with Crippen LogP contribution in [0, 0.1) is 45.8 Å². The van der Waals surface area contributed by atoms with Gasteiger partial charge >= 0.3 is 0 Å². The Hall–Kier alpha value is -1.96. The highest BCUT2D eigenvalue weighted by Crippen LogP contribution is 2.66. The van der Waals surface area contributed by atoms with Gasteiger partial charge < -0.3 is 9.84 Å². The first kappa shape index (κ1) is 22.8. The van der Waals surface area contributed by atoms with Crippen molar-refractivity contribution in [3.05, 3.63) is 47.0 Å². The van der Waals surface area contributed by atoms with Gasteiger partial charge in [-0.2, -0.15) is 5.26 Å². The van der Waals surface area contributed by atoms with Crippen molar-refractivity contribution in [1.29, 1.82) is 5.26 Å². The molecule has 3 saturated carbocycles. The summed E-state index contributed by atoms with van der Waals surface area (Å²) in [6, 6.07) is 9.51. The highest BCUT2D eigenvalue weighted by atomic mass is 16.6. The van der Waals surface area contributed by atoms with Gasteiger partial charge in [-0.05, 0) is 91.7 Å². The molecule has 0 unspecified atom stereocenters. The van der Waals surface area contributed by atoms with Crippen LogP contribution in [-0.2, 0) is 16.1 Å². The maximum absolute atomic E-state index is 12.4. The zero-order valence-corrected chi connectivity index (χ0v) is 20.3. The number of ether oxygens (including phenoxy) is 1. The summed E-state index contributed by atoms with van der Waals surface area (Å²) in [5.41, 5.74) is 3.29. The van der Waals surface area contributed by atoms with Gasteiger partial charge in [-0.15, -0.1) is 0 Å². The molecule has 0 bridgehead atoms. The van der Waals surface area contributed by atoms with E-state index in [9.17, 15) is 9.90 Å². The molecule has 4 aliphatic rings. The Bertz CT molecular complexity index is 1010. The fraction of sp³-hybridized carbons (Fsp3) is 0.655. The summed E-state index contributed by atoms with van der Waals surface area (Å²) < 4.78 is 6.08. The van der Waals surface area contributed by atoms with Crippen molar-refractivity contribution in [3.63, 3.8) is 0 Å². The molecule has 0 amide bonds. The first-order chi connectivity index (χ1) is 15.7. The van der Waals surface area contributed by atoms with Gasteiger partial charge in [0.1, 0.15) is 5.78 Å². The number of nitrogens with zero attached hydrogens (tertiary/aromatic N) is 1. The fourth-order valence-corrected chi connectivity index (χ4v) is 8.30. The molecule has 0 heterocycles. The molecule has 1 aromatic rings. The zero-order chi connectivity index (χ0) is 23.4. The van der Waals surface area contributed by atoms with Gasteiger partial charge in [0.05, 0.1) is 18.2 Å². The lowest BCUT2D eigenvalue weighted by atomic mass is 9.47. The van der Waals surface area contributed by atoms with Crippen molar-refractivity contribution >= 4 is 5.78 Å². The number of allylic oxidation sites excluding steroid dienone is 1. The lowest BCUT2D eigenvalue weighted by molar-refractivity contribution is -0.231. The van der Waals surface area contributed by atoms with Crippen LogP contribution in [0.15, 0.2) is 35.9 Å². The number of ketones is 1. The van der Waals surface area contributed by atoms with E-state index in [1.165, 1.54) is 18.4 Å². The largest absolute Gasteiger partial charge is 0.365 e. The highest BCUT2D eigenvalue weighted by molar-refractivity contribution is 5.79. The monoisotopic (exact) mass is 447 g/mol. The summed E-state index contributed by atoms with van der Waals surface area (Å²) in [5.74, 6) is 1.46. The molecule has 1 aromatic carbocycles. The van der Waals surface area contributed by atoms with E-state index in [2.05, 4.69) is 26.0 Å². The molecule has 0 aromatic heterocycles. The van der Waals surface area contributed by atoms with Gasteiger partial charge in [-0.3, -0.25) is 4.79 Å². The van der Waals surface area contributed by atoms with Crippen LogP contribution < -0.4 is 0 Å². The summed E-state index contributed by atoms with van der Waals surface area (Å²) >= 11 is 0. The normalized spacial score (nSPS) is 41.8. The van der Waals surface area contributed by atoms with Crippen molar-refractivity contribution in [3.8, 4) is 6.07 Å². The van der Waals surface area contributed by atoms with Gasteiger partial charge in [0.2, 0.25) is 0 Å². The van der Waals surface area contributed by atoms with Gasteiger partial charge in [-0.1, -0.05) is 37.6 Å². The summed E-state index contributed by atoms with van der Waals surface area (Å²) in [5, 5.41) is 20.3. The molecule has 3 fully saturated rings. The standard InChI is InChI=1S/C29H37NO3/c1-19(31)24-10-11-25-23-9-8-22-16-29(32,33-18-21-6-4-20(17-30)5-7-21)15-14-27(22,2)26(23)12-13-28(24,25)3/h4-8,23-26,32H,9-16,18H2,1-3H3/t23-,24+,25-,26-,27-,28+,29+/m0/s1. The van der Waals surface area contributed by atoms with E-state index < -0.39 is 5.79 Å². The second-order valence-electron chi connectivity index (χ2n) is 11.8. The van der Waals surface area contributed by atoms with Gasteiger partial charge in [0.15, 0.2) is 5.79 Å². The van der Waals surface area contributed by atoms with Crippen LogP contribution in [0.5, 0.6) is 0 Å². The summed E-state index contributed by atoms with van der Waals surface area (Å²) in [6.45, 7) is 6.97. The molecular formula is C29H37NO3. The molecule has 33 heavy (non-hydrogen) atoms. The van der Waals surface area contributed by atoms with E-state index in [0.29, 0.717) is 48.5 Å². The molecule has 0 radical (unpaired) electrons. The second-order valence-corrected chi connectivity index (χ2v) is 11.8. The molecule has 0 saturated heterocycles. The maximum atomic E-state index is 12.4. The molecule has 4 aliphatic carbocycles. The number of hydrogen-bond acceptors (Lipinski definition) is 4. The Morgan fingerprint density at radius 1 is 1.12 bits per heavy atom. The van der Waals surface area contributed by atoms with Crippen LogP contribution in [0.2, 0.25) is 0 Å². The predicted molar refractivity (Wildman–Crippen MR) is 127 cm³/mol. The van der Waals surface area contributed by atoms with Crippen LogP contribution in [0.4, 0.5) is 0 Å². The number of fused-ring (bicyclic) bond motifs is 5. The Morgan fingerprint density at radius 3 is 2.58 bits per heavy atom. The molecule has 176 valence electrons. The molecule has 5 rings (SSSR count). The lowest BCUT2D eigenvalue weighted by Crippen LogP contribution is -2.52. The Kier molecular flexibility index (Phi) is 5.58. The number of nitriles is 1. The number of carbonyl (C=O) groups is 1. The SMILES string of the molecule is CC(=O)[C@H]1CC[C@H]2[C@@H]3CC=C4C[C@](O)(OCc5ccc(C#N)cc5)CC[C@]4(C)[C@H]3CC[C@]12C. The molecule has 0 aliphatic heterocycles.